The SMILES string of the molecule is CCCc1cccc2cccc(C(N3NC(=O)CC3(C)C)C(F)(F)F)c12. The van der Waals surface area contributed by atoms with Gasteiger partial charge in [-0.3, -0.25) is 10.2 Å². The minimum absolute atomic E-state index is 0.0339. The van der Waals surface area contributed by atoms with Gasteiger partial charge in [0.25, 0.3) is 0 Å². The highest BCUT2D eigenvalue weighted by Crippen LogP contribution is 2.45. The quantitative estimate of drug-likeness (QED) is 0.836. The fourth-order valence-corrected chi connectivity index (χ4v) is 3.83. The summed E-state index contributed by atoms with van der Waals surface area (Å²) in [5, 5.41) is 2.49. The molecule has 2 aromatic rings. The number of rotatable bonds is 4. The van der Waals surface area contributed by atoms with Crippen LogP contribution in [0, 0.1) is 0 Å². The average Bonchev–Trinajstić information content (AvgIpc) is 2.79. The molecule has 2 aromatic carbocycles. The van der Waals surface area contributed by atoms with Crippen LogP contribution in [0.5, 0.6) is 0 Å². The minimum Gasteiger partial charge on any atom is -0.287 e. The van der Waals surface area contributed by atoms with E-state index >= 15 is 0 Å². The molecule has 1 unspecified atom stereocenters. The second-order valence-electron chi connectivity index (χ2n) is 7.45. The fourth-order valence-electron chi connectivity index (χ4n) is 3.83. The standard InChI is InChI=1S/C20H23F3N2O/c1-4-7-13-8-5-9-14-10-6-11-15(17(13)14)18(20(21,22)23)25-19(2,3)12-16(26)24-25/h5-6,8-11,18H,4,7,12H2,1-3H3,(H,24,26). The van der Waals surface area contributed by atoms with Crippen LogP contribution in [-0.2, 0) is 11.2 Å². The van der Waals surface area contributed by atoms with E-state index in [0.717, 1.165) is 22.4 Å². The zero-order valence-corrected chi connectivity index (χ0v) is 15.2. The summed E-state index contributed by atoms with van der Waals surface area (Å²) in [6.45, 7) is 5.32. The lowest BCUT2D eigenvalue weighted by Crippen LogP contribution is -2.51. The molecule has 0 spiro atoms. The number of hydrogen-bond donors (Lipinski definition) is 1. The van der Waals surface area contributed by atoms with Crippen LogP contribution in [0.15, 0.2) is 36.4 Å². The van der Waals surface area contributed by atoms with Gasteiger partial charge >= 0.3 is 6.18 Å². The maximum Gasteiger partial charge on any atom is 0.409 e. The van der Waals surface area contributed by atoms with Gasteiger partial charge in [0.05, 0.1) is 0 Å². The highest BCUT2D eigenvalue weighted by molar-refractivity contribution is 5.89. The van der Waals surface area contributed by atoms with Crippen molar-refractivity contribution in [1.29, 1.82) is 0 Å². The van der Waals surface area contributed by atoms with Crippen molar-refractivity contribution >= 4 is 16.7 Å². The first kappa shape index (κ1) is 18.7. The Morgan fingerprint density at radius 3 is 2.38 bits per heavy atom. The van der Waals surface area contributed by atoms with Crippen molar-refractivity contribution in [2.45, 2.75) is 57.8 Å². The summed E-state index contributed by atoms with van der Waals surface area (Å²) >= 11 is 0. The van der Waals surface area contributed by atoms with Crippen LogP contribution in [0.1, 0.15) is 50.8 Å². The van der Waals surface area contributed by atoms with Crippen molar-refractivity contribution < 1.29 is 18.0 Å². The van der Waals surface area contributed by atoms with Gasteiger partial charge in [-0.2, -0.15) is 18.2 Å². The molecule has 0 radical (unpaired) electrons. The number of fused-ring (bicyclic) bond motifs is 1. The lowest BCUT2D eigenvalue weighted by molar-refractivity contribution is -0.203. The van der Waals surface area contributed by atoms with E-state index in [4.69, 9.17) is 0 Å². The molecule has 1 N–H and O–H groups in total. The molecule has 1 aliphatic heterocycles. The molecule has 0 saturated carbocycles. The highest BCUT2D eigenvalue weighted by atomic mass is 19.4. The van der Waals surface area contributed by atoms with Gasteiger partial charge in [0.2, 0.25) is 5.91 Å². The van der Waals surface area contributed by atoms with Gasteiger partial charge in [-0.25, -0.2) is 0 Å². The molecule has 26 heavy (non-hydrogen) atoms. The molecule has 0 aliphatic carbocycles. The lowest BCUT2D eigenvalue weighted by Gasteiger charge is -2.38. The molecular formula is C20H23F3N2O. The van der Waals surface area contributed by atoms with E-state index in [9.17, 15) is 18.0 Å². The van der Waals surface area contributed by atoms with Gasteiger partial charge in [0, 0.05) is 12.0 Å². The van der Waals surface area contributed by atoms with E-state index in [2.05, 4.69) is 5.43 Å². The van der Waals surface area contributed by atoms with Gasteiger partial charge in [-0.05, 0) is 42.2 Å². The normalized spacial score (nSPS) is 18.9. The Labute approximate surface area is 151 Å². The topological polar surface area (TPSA) is 32.3 Å². The minimum atomic E-state index is -4.53. The van der Waals surface area contributed by atoms with E-state index in [1.807, 2.05) is 31.2 Å². The Hall–Kier alpha value is -2.08. The number of benzene rings is 2. The van der Waals surface area contributed by atoms with E-state index < -0.39 is 23.7 Å². The van der Waals surface area contributed by atoms with Crippen molar-refractivity contribution in [3.63, 3.8) is 0 Å². The Balaban J connectivity index is 2.25. The van der Waals surface area contributed by atoms with Crippen LogP contribution in [-0.4, -0.2) is 22.6 Å². The highest BCUT2D eigenvalue weighted by Gasteiger charge is 2.53. The molecule has 1 fully saturated rings. The molecule has 1 amide bonds. The third-order valence-corrected chi connectivity index (χ3v) is 4.90. The van der Waals surface area contributed by atoms with Gasteiger partial charge in [0.15, 0.2) is 6.04 Å². The van der Waals surface area contributed by atoms with E-state index in [-0.39, 0.29) is 12.0 Å². The molecule has 1 saturated heterocycles. The molecule has 1 heterocycles. The zero-order chi connectivity index (χ0) is 19.1. The molecule has 140 valence electrons. The molecule has 3 nitrogen and oxygen atoms in total. The monoisotopic (exact) mass is 364 g/mol. The van der Waals surface area contributed by atoms with E-state index in [1.165, 1.54) is 6.07 Å². The third kappa shape index (κ3) is 3.30. The Morgan fingerprint density at radius 2 is 1.85 bits per heavy atom. The van der Waals surface area contributed by atoms with Crippen molar-refractivity contribution in [3.05, 3.63) is 47.5 Å². The number of hydrazine groups is 1. The van der Waals surface area contributed by atoms with Crippen molar-refractivity contribution in [2.24, 2.45) is 0 Å². The van der Waals surface area contributed by atoms with Gasteiger partial charge in [0.1, 0.15) is 0 Å². The van der Waals surface area contributed by atoms with E-state index in [0.29, 0.717) is 11.8 Å². The Kier molecular flexibility index (Phi) is 4.73. The van der Waals surface area contributed by atoms with Gasteiger partial charge < -0.3 is 0 Å². The first-order valence-corrected chi connectivity index (χ1v) is 8.81. The van der Waals surface area contributed by atoms with Crippen LogP contribution in [0.4, 0.5) is 13.2 Å². The number of aryl methyl sites for hydroxylation is 1. The maximum absolute atomic E-state index is 14.2. The summed E-state index contributed by atoms with van der Waals surface area (Å²) in [5.41, 5.74) is 2.60. The number of halogens is 3. The number of carbonyl (C=O) groups excluding carboxylic acids is 1. The van der Waals surface area contributed by atoms with E-state index in [1.54, 1.807) is 19.9 Å². The predicted molar refractivity (Wildman–Crippen MR) is 95.4 cm³/mol. The molecular weight excluding hydrogens is 341 g/mol. The smallest absolute Gasteiger partial charge is 0.287 e. The molecule has 3 rings (SSSR count). The summed E-state index contributed by atoms with van der Waals surface area (Å²) < 4.78 is 42.5. The van der Waals surface area contributed by atoms with Crippen LogP contribution in [0.25, 0.3) is 10.8 Å². The summed E-state index contributed by atoms with van der Waals surface area (Å²) in [4.78, 5) is 11.8. The molecule has 1 aliphatic rings. The summed E-state index contributed by atoms with van der Waals surface area (Å²) in [6, 6.07) is 8.71. The van der Waals surface area contributed by atoms with Crippen LogP contribution in [0.2, 0.25) is 0 Å². The first-order valence-electron chi connectivity index (χ1n) is 8.81. The second-order valence-corrected chi connectivity index (χ2v) is 7.45. The third-order valence-electron chi connectivity index (χ3n) is 4.90. The number of nitrogens with zero attached hydrogens (tertiary/aromatic N) is 1. The molecule has 6 heteroatoms. The van der Waals surface area contributed by atoms with Crippen molar-refractivity contribution in [1.82, 2.24) is 10.4 Å². The fraction of sp³-hybridized carbons (Fsp3) is 0.450. The van der Waals surface area contributed by atoms with Gasteiger partial charge in [-0.1, -0.05) is 49.7 Å². The molecule has 0 aromatic heterocycles. The van der Waals surface area contributed by atoms with Crippen LogP contribution >= 0.6 is 0 Å². The second kappa shape index (κ2) is 6.58. The van der Waals surface area contributed by atoms with Crippen molar-refractivity contribution in [3.8, 4) is 0 Å². The van der Waals surface area contributed by atoms with Crippen molar-refractivity contribution in [2.75, 3.05) is 0 Å². The molecule has 0 bridgehead atoms. The Morgan fingerprint density at radius 1 is 1.19 bits per heavy atom. The summed E-state index contributed by atoms with van der Waals surface area (Å²) in [7, 11) is 0. The lowest BCUT2D eigenvalue weighted by atomic mass is 9.90. The number of amides is 1. The zero-order valence-electron chi connectivity index (χ0n) is 15.2. The molecule has 1 atom stereocenters. The van der Waals surface area contributed by atoms with Crippen LogP contribution < -0.4 is 5.43 Å². The number of nitrogens with one attached hydrogen (secondary N) is 1. The Bertz CT molecular complexity index is 824. The number of carbonyl (C=O) groups is 1. The van der Waals surface area contributed by atoms with Gasteiger partial charge in [-0.15, -0.1) is 0 Å². The number of hydrogen-bond acceptors (Lipinski definition) is 2. The summed E-state index contributed by atoms with van der Waals surface area (Å²) in [5.74, 6) is -0.390. The number of alkyl halides is 3. The first-order chi connectivity index (χ1) is 12.1. The van der Waals surface area contributed by atoms with Crippen LogP contribution in [0.3, 0.4) is 0 Å². The average molecular weight is 364 g/mol. The maximum atomic E-state index is 14.2. The predicted octanol–water partition coefficient (Wildman–Crippen LogP) is 4.91. The largest absolute Gasteiger partial charge is 0.409 e. The summed E-state index contributed by atoms with van der Waals surface area (Å²) in [6.07, 6.45) is -2.95.